The van der Waals surface area contributed by atoms with E-state index in [1.165, 1.54) is 0 Å². The maximum atomic E-state index is 6.04. The largest absolute Gasteiger partial charge is 0.326 e. The average Bonchev–Trinajstić information content (AvgIpc) is 2.71. The molecule has 0 aliphatic rings. The van der Waals surface area contributed by atoms with Gasteiger partial charge < -0.3 is 5.73 Å². The fourth-order valence-electron chi connectivity index (χ4n) is 1.88. The molecule has 2 N–H and O–H groups in total. The number of halogens is 2. The molecule has 0 saturated heterocycles. The Bertz CT molecular complexity index is 580. The Morgan fingerprint density at radius 1 is 1.16 bits per heavy atom. The highest BCUT2D eigenvalue weighted by Crippen LogP contribution is 2.36. The summed E-state index contributed by atoms with van der Waals surface area (Å²) in [4.78, 5) is 5.84. The van der Waals surface area contributed by atoms with Gasteiger partial charge in [0.05, 0.1) is 5.69 Å². The number of nitrogens with two attached hydrogens (primary N) is 1. The van der Waals surface area contributed by atoms with Crippen LogP contribution in [0, 0.1) is 0 Å². The summed E-state index contributed by atoms with van der Waals surface area (Å²) in [6.45, 7) is 6.90. The second-order valence-electron chi connectivity index (χ2n) is 5.40. The smallest absolute Gasteiger partial charge is 0.124 e. The minimum atomic E-state index is -0.0220. The predicted molar refractivity (Wildman–Crippen MR) is 84.2 cm³/mol. The zero-order valence-corrected chi connectivity index (χ0v) is 13.5. The second-order valence-corrected chi connectivity index (χ2v) is 7.36. The van der Waals surface area contributed by atoms with E-state index < -0.39 is 0 Å². The van der Waals surface area contributed by atoms with Gasteiger partial charge in [0, 0.05) is 32.4 Å². The Morgan fingerprint density at radius 2 is 1.74 bits per heavy atom. The van der Waals surface area contributed by atoms with Crippen LogP contribution >= 0.6 is 34.5 Å². The molecule has 0 bridgehead atoms. The molecule has 1 aromatic heterocycles. The number of benzene rings is 1. The van der Waals surface area contributed by atoms with E-state index >= 15 is 0 Å². The predicted octanol–water partition coefficient (Wildman–Crippen LogP) is 4.87. The lowest BCUT2D eigenvalue weighted by Gasteiger charge is -2.16. The monoisotopic (exact) mass is 314 g/mol. The number of thiazole rings is 1. The van der Waals surface area contributed by atoms with Gasteiger partial charge in [0.15, 0.2) is 0 Å². The maximum absolute atomic E-state index is 6.04. The van der Waals surface area contributed by atoms with Crippen molar-refractivity contribution in [3.63, 3.8) is 0 Å². The Hall–Kier alpha value is -0.610. The molecule has 0 fully saturated rings. The number of hydrogen-bond acceptors (Lipinski definition) is 3. The van der Waals surface area contributed by atoms with Crippen molar-refractivity contribution in [1.82, 2.24) is 4.98 Å². The summed E-state index contributed by atoms with van der Waals surface area (Å²) < 4.78 is 0. The van der Waals surface area contributed by atoms with Gasteiger partial charge in [-0.2, -0.15) is 0 Å². The SMILES string of the molecule is CC(C)(C)c1nc(-c2cc(Cl)cc(Cl)c2)sc1CN. The first-order chi connectivity index (χ1) is 8.81. The summed E-state index contributed by atoms with van der Waals surface area (Å²) in [6.07, 6.45) is 0. The van der Waals surface area contributed by atoms with Gasteiger partial charge in [0.25, 0.3) is 0 Å². The molecule has 5 heteroatoms. The molecule has 0 spiro atoms. The molecule has 1 aromatic carbocycles. The van der Waals surface area contributed by atoms with Crippen LogP contribution in [0.25, 0.3) is 10.6 Å². The molecular weight excluding hydrogens is 299 g/mol. The van der Waals surface area contributed by atoms with Crippen molar-refractivity contribution in [2.24, 2.45) is 5.73 Å². The molecule has 0 atom stereocenters. The molecule has 0 saturated carbocycles. The number of rotatable bonds is 2. The van der Waals surface area contributed by atoms with Crippen LogP contribution in [0.4, 0.5) is 0 Å². The molecule has 0 amide bonds. The van der Waals surface area contributed by atoms with Crippen LogP contribution in [0.3, 0.4) is 0 Å². The van der Waals surface area contributed by atoms with Crippen LogP contribution in [0.5, 0.6) is 0 Å². The molecule has 2 aromatic rings. The standard InChI is InChI=1S/C14H16Cl2N2S/c1-14(2,3)12-11(7-17)19-13(18-12)8-4-9(15)6-10(16)5-8/h4-6H,7,17H2,1-3H3. The third kappa shape index (κ3) is 3.29. The molecular formula is C14H16Cl2N2S. The fraction of sp³-hybridized carbons (Fsp3) is 0.357. The third-order valence-corrected chi connectivity index (χ3v) is 4.27. The summed E-state index contributed by atoms with van der Waals surface area (Å²) in [5, 5.41) is 2.14. The van der Waals surface area contributed by atoms with Crippen LogP contribution in [-0.4, -0.2) is 4.98 Å². The number of hydrogen-bond donors (Lipinski definition) is 1. The molecule has 1 heterocycles. The molecule has 0 aliphatic heterocycles. The Morgan fingerprint density at radius 3 is 2.16 bits per heavy atom. The zero-order valence-electron chi connectivity index (χ0n) is 11.1. The maximum Gasteiger partial charge on any atom is 0.124 e. The minimum absolute atomic E-state index is 0.0220. The first kappa shape index (κ1) is 14.8. The van der Waals surface area contributed by atoms with Crippen molar-refractivity contribution in [3.8, 4) is 10.6 Å². The third-order valence-electron chi connectivity index (χ3n) is 2.70. The van der Waals surface area contributed by atoms with Crippen molar-refractivity contribution in [2.45, 2.75) is 32.7 Å². The van der Waals surface area contributed by atoms with Crippen molar-refractivity contribution in [1.29, 1.82) is 0 Å². The summed E-state index contributed by atoms with van der Waals surface area (Å²) in [6, 6.07) is 5.47. The molecule has 0 unspecified atom stereocenters. The summed E-state index contributed by atoms with van der Waals surface area (Å²) in [5.41, 5.74) is 7.78. The quantitative estimate of drug-likeness (QED) is 0.858. The van der Waals surface area contributed by atoms with Gasteiger partial charge in [-0.1, -0.05) is 44.0 Å². The molecule has 0 radical (unpaired) electrons. The van der Waals surface area contributed by atoms with Crippen LogP contribution in [-0.2, 0) is 12.0 Å². The van der Waals surface area contributed by atoms with Crippen LogP contribution in [0.1, 0.15) is 31.3 Å². The Kier molecular flexibility index (Phi) is 4.21. The van der Waals surface area contributed by atoms with Gasteiger partial charge in [-0.15, -0.1) is 11.3 Å². The summed E-state index contributed by atoms with van der Waals surface area (Å²) in [5.74, 6) is 0. The molecule has 102 valence electrons. The van der Waals surface area contributed by atoms with Crippen LogP contribution in [0.2, 0.25) is 10.0 Å². The lowest BCUT2D eigenvalue weighted by atomic mass is 9.91. The molecule has 2 rings (SSSR count). The van der Waals surface area contributed by atoms with Gasteiger partial charge in [-0.3, -0.25) is 0 Å². The lowest BCUT2D eigenvalue weighted by Crippen LogP contribution is -2.15. The van der Waals surface area contributed by atoms with Crippen molar-refractivity contribution >= 4 is 34.5 Å². The van der Waals surface area contributed by atoms with Crippen LogP contribution in [0.15, 0.2) is 18.2 Å². The van der Waals surface area contributed by atoms with E-state index in [4.69, 9.17) is 33.9 Å². The summed E-state index contributed by atoms with van der Waals surface area (Å²) in [7, 11) is 0. The van der Waals surface area contributed by atoms with Gasteiger partial charge in [0.2, 0.25) is 0 Å². The number of nitrogens with zero attached hydrogens (tertiary/aromatic N) is 1. The lowest BCUT2D eigenvalue weighted by molar-refractivity contribution is 0.567. The van der Waals surface area contributed by atoms with Gasteiger partial charge in [-0.05, 0) is 18.2 Å². The number of aromatic nitrogens is 1. The van der Waals surface area contributed by atoms with Gasteiger partial charge in [0.1, 0.15) is 5.01 Å². The van der Waals surface area contributed by atoms with E-state index in [1.807, 2.05) is 12.1 Å². The van der Waals surface area contributed by atoms with E-state index in [0.717, 1.165) is 21.1 Å². The average molecular weight is 315 g/mol. The van der Waals surface area contributed by atoms with E-state index in [9.17, 15) is 0 Å². The van der Waals surface area contributed by atoms with Crippen LogP contribution < -0.4 is 5.73 Å². The van der Waals surface area contributed by atoms with Crippen molar-refractivity contribution in [2.75, 3.05) is 0 Å². The first-order valence-electron chi connectivity index (χ1n) is 5.98. The van der Waals surface area contributed by atoms with Crippen molar-refractivity contribution < 1.29 is 0 Å². The molecule has 2 nitrogen and oxygen atoms in total. The highest BCUT2D eigenvalue weighted by molar-refractivity contribution is 7.15. The van der Waals surface area contributed by atoms with Gasteiger partial charge in [-0.25, -0.2) is 4.98 Å². The molecule has 0 aliphatic carbocycles. The highest BCUT2D eigenvalue weighted by Gasteiger charge is 2.23. The zero-order chi connectivity index (χ0) is 14.2. The Balaban J connectivity index is 2.55. The Labute approximate surface area is 127 Å². The van der Waals surface area contributed by atoms with Gasteiger partial charge >= 0.3 is 0 Å². The minimum Gasteiger partial charge on any atom is -0.326 e. The summed E-state index contributed by atoms with van der Waals surface area (Å²) >= 11 is 13.7. The topological polar surface area (TPSA) is 38.9 Å². The second kappa shape index (κ2) is 5.41. The first-order valence-corrected chi connectivity index (χ1v) is 7.55. The molecule has 19 heavy (non-hydrogen) atoms. The van der Waals surface area contributed by atoms with E-state index in [2.05, 4.69) is 20.8 Å². The van der Waals surface area contributed by atoms with E-state index in [0.29, 0.717) is 16.6 Å². The fourth-order valence-corrected chi connectivity index (χ4v) is 3.54. The van der Waals surface area contributed by atoms with Crippen molar-refractivity contribution in [3.05, 3.63) is 38.8 Å². The normalized spacial score (nSPS) is 11.9. The highest BCUT2D eigenvalue weighted by atomic mass is 35.5. The van der Waals surface area contributed by atoms with E-state index in [1.54, 1.807) is 17.4 Å². The van der Waals surface area contributed by atoms with E-state index in [-0.39, 0.29) is 5.41 Å².